The first-order chi connectivity index (χ1) is 15.2. The van der Waals surface area contributed by atoms with E-state index in [2.05, 4.69) is 26.6 Å². The van der Waals surface area contributed by atoms with E-state index in [1.54, 1.807) is 11.3 Å². The Labute approximate surface area is 184 Å². The lowest BCUT2D eigenvalue weighted by atomic mass is 10.0. The molecule has 1 saturated heterocycles. The van der Waals surface area contributed by atoms with Gasteiger partial charge in [-0.05, 0) is 74.0 Å². The van der Waals surface area contributed by atoms with Crippen LogP contribution in [0.15, 0.2) is 60.2 Å². The molecule has 1 aliphatic rings. The molecule has 0 atom stereocenters. The van der Waals surface area contributed by atoms with Gasteiger partial charge in [-0.3, -0.25) is 9.78 Å². The Balaban J connectivity index is 1.29. The van der Waals surface area contributed by atoms with Gasteiger partial charge in [0.05, 0.1) is 28.0 Å². The molecule has 0 saturated carbocycles. The maximum absolute atomic E-state index is 12.8. The van der Waals surface area contributed by atoms with Gasteiger partial charge in [0.1, 0.15) is 11.9 Å². The molecule has 0 unspecified atom stereocenters. The van der Waals surface area contributed by atoms with Crippen LogP contribution in [0.2, 0.25) is 0 Å². The molecule has 1 fully saturated rings. The number of Topliss-reactive ketones (excluding diaryl/α,β-unsaturated/α-hetero) is 1. The van der Waals surface area contributed by atoms with Crippen LogP contribution in [0.4, 0.5) is 0 Å². The molecule has 0 radical (unpaired) electrons. The van der Waals surface area contributed by atoms with Crippen molar-refractivity contribution < 1.29 is 9.53 Å². The minimum Gasteiger partial charge on any atom is -0.490 e. The van der Waals surface area contributed by atoms with Crippen molar-refractivity contribution in [3.8, 4) is 16.2 Å². The van der Waals surface area contributed by atoms with Crippen molar-refractivity contribution in [2.45, 2.75) is 25.4 Å². The monoisotopic (exact) mass is 430 g/mol. The molecule has 0 amide bonds. The largest absolute Gasteiger partial charge is 0.490 e. The molecule has 6 nitrogen and oxygen atoms in total. The van der Waals surface area contributed by atoms with Gasteiger partial charge < -0.3 is 10.1 Å². The molecule has 0 bridgehead atoms. The number of fused-ring (bicyclic) bond motifs is 1. The lowest BCUT2D eigenvalue weighted by molar-refractivity contribution is 0.0991. The van der Waals surface area contributed by atoms with Crippen LogP contribution in [0, 0.1) is 0 Å². The number of piperidine rings is 1. The Bertz CT molecular complexity index is 1190. The normalized spacial score (nSPS) is 14.6. The average Bonchev–Trinajstić information content (AvgIpc) is 3.35. The van der Waals surface area contributed by atoms with Crippen molar-refractivity contribution in [1.82, 2.24) is 20.5 Å². The number of aromatic nitrogens is 3. The fraction of sp³-hybridized carbons (Fsp3) is 0.250. The van der Waals surface area contributed by atoms with Crippen LogP contribution >= 0.6 is 11.3 Å². The van der Waals surface area contributed by atoms with E-state index >= 15 is 0 Å². The minimum atomic E-state index is 0.0145. The Morgan fingerprint density at radius 3 is 2.68 bits per heavy atom. The standard InChI is InChI=1S/C24H22N4O2S/c29-23(16-1-4-20(5-2-16)30-21-7-9-25-10-8-21)13-19-12-18-11-17(24-14-26-15-31-24)3-6-22(18)28-27-19/h1-6,11-12,14-15,21,25H,7-10,13H2. The molecule has 2 aromatic heterocycles. The third-order valence-corrected chi connectivity index (χ3v) is 6.28. The van der Waals surface area contributed by atoms with Crippen LogP contribution in [0.1, 0.15) is 28.9 Å². The fourth-order valence-corrected chi connectivity index (χ4v) is 4.40. The Morgan fingerprint density at radius 1 is 1.06 bits per heavy atom. The second kappa shape index (κ2) is 8.91. The van der Waals surface area contributed by atoms with Crippen LogP contribution in [0.5, 0.6) is 5.75 Å². The van der Waals surface area contributed by atoms with Gasteiger partial charge >= 0.3 is 0 Å². The van der Waals surface area contributed by atoms with E-state index < -0.39 is 0 Å². The van der Waals surface area contributed by atoms with Crippen molar-refractivity contribution in [1.29, 1.82) is 0 Å². The van der Waals surface area contributed by atoms with Crippen LogP contribution in [0.3, 0.4) is 0 Å². The Kier molecular flexibility index (Phi) is 5.69. The summed E-state index contributed by atoms with van der Waals surface area (Å²) in [6.07, 6.45) is 4.31. The van der Waals surface area contributed by atoms with E-state index in [-0.39, 0.29) is 18.3 Å². The van der Waals surface area contributed by atoms with Crippen molar-refractivity contribution >= 4 is 28.0 Å². The lowest BCUT2D eigenvalue weighted by Gasteiger charge is -2.23. The maximum Gasteiger partial charge on any atom is 0.168 e. The molecular weight excluding hydrogens is 408 g/mol. The molecule has 1 aliphatic heterocycles. The summed E-state index contributed by atoms with van der Waals surface area (Å²) in [7, 11) is 0. The molecule has 0 spiro atoms. The zero-order valence-corrected chi connectivity index (χ0v) is 17.8. The van der Waals surface area contributed by atoms with Crippen molar-refractivity contribution in [3.05, 3.63) is 71.5 Å². The first kappa shape index (κ1) is 19.8. The highest BCUT2D eigenvalue weighted by atomic mass is 32.1. The number of nitrogens with zero attached hydrogens (tertiary/aromatic N) is 3. The van der Waals surface area contributed by atoms with Gasteiger partial charge in [-0.25, -0.2) is 0 Å². The van der Waals surface area contributed by atoms with Gasteiger partial charge in [0.2, 0.25) is 0 Å². The summed E-state index contributed by atoms with van der Waals surface area (Å²) < 4.78 is 6.02. The highest BCUT2D eigenvalue weighted by molar-refractivity contribution is 7.13. The molecule has 156 valence electrons. The smallest absolute Gasteiger partial charge is 0.168 e. The molecule has 4 aromatic rings. The minimum absolute atomic E-state index is 0.0145. The number of hydrogen-bond donors (Lipinski definition) is 1. The van der Waals surface area contributed by atoms with Crippen LogP contribution in [-0.2, 0) is 6.42 Å². The maximum atomic E-state index is 12.8. The van der Waals surface area contributed by atoms with E-state index in [4.69, 9.17) is 4.74 Å². The van der Waals surface area contributed by atoms with Gasteiger partial charge in [-0.15, -0.1) is 11.3 Å². The number of ether oxygens (including phenoxy) is 1. The van der Waals surface area contributed by atoms with E-state index in [1.807, 2.05) is 54.2 Å². The SMILES string of the molecule is O=C(Cc1cc2cc(-c3cncs3)ccc2nn1)c1ccc(OC2CCNCC2)cc1. The molecular formula is C24H22N4O2S. The summed E-state index contributed by atoms with van der Waals surface area (Å²) in [5, 5.41) is 12.8. The van der Waals surface area contributed by atoms with Crippen molar-refractivity contribution in [3.63, 3.8) is 0 Å². The number of rotatable bonds is 6. The molecule has 1 N–H and O–H groups in total. The van der Waals surface area contributed by atoms with Gasteiger partial charge in [-0.1, -0.05) is 6.07 Å². The van der Waals surface area contributed by atoms with Gasteiger partial charge in [0.15, 0.2) is 5.78 Å². The van der Waals surface area contributed by atoms with E-state index in [0.717, 1.165) is 53.0 Å². The van der Waals surface area contributed by atoms with E-state index in [0.29, 0.717) is 11.3 Å². The van der Waals surface area contributed by atoms with E-state index in [9.17, 15) is 4.79 Å². The summed E-state index contributed by atoms with van der Waals surface area (Å²) in [4.78, 5) is 18.0. The summed E-state index contributed by atoms with van der Waals surface area (Å²) >= 11 is 1.59. The summed E-state index contributed by atoms with van der Waals surface area (Å²) in [6.45, 7) is 1.97. The van der Waals surface area contributed by atoms with Crippen LogP contribution in [-0.4, -0.2) is 40.2 Å². The number of nitrogens with one attached hydrogen (secondary N) is 1. The number of carbonyl (C=O) groups is 1. The van der Waals surface area contributed by atoms with Crippen LogP contribution in [0.25, 0.3) is 21.3 Å². The number of carbonyl (C=O) groups excluding carboxylic acids is 1. The average molecular weight is 431 g/mol. The zero-order chi connectivity index (χ0) is 21.0. The third-order valence-electron chi connectivity index (χ3n) is 5.46. The highest BCUT2D eigenvalue weighted by Crippen LogP contribution is 2.26. The molecule has 2 aromatic carbocycles. The predicted octanol–water partition coefficient (Wildman–Crippen LogP) is 4.31. The number of benzene rings is 2. The predicted molar refractivity (Wildman–Crippen MR) is 122 cm³/mol. The molecule has 31 heavy (non-hydrogen) atoms. The topological polar surface area (TPSA) is 77.0 Å². The Hall–Kier alpha value is -3.16. The second-order valence-corrected chi connectivity index (χ2v) is 8.55. The Morgan fingerprint density at radius 2 is 1.90 bits per heavy atom. The van der Waals surface area contributed by atoms with Gasteiger partial charge in [0, 0.05) is 17.1 Å². The first-order valence-corrected chi connectivity index (χ1v) is 11.3. The molecule has 5 rings (SSSR count). The third kappa shape index (κ3) is 4.62. The fourth-order valence-electron chi connectivity index (χ4n) is 3.78. The molecule has 0 aliphatic carbocycles. The van der Waals surface area contributed by atoms with Gasteiger partial charge in [-0.2, -0.15) is 10.2 Å². The quantitative estimate of drug-likeness (QED) is 0.460. The van der Waals surface area contributed by atoms with Gasteiger partial charge in [0.25, 0.3) is 0 Å². The number of ketones is 1. The van der Waals surface area contributed by atoms with Crippen molar-refractivity contribution in [2.24, 2.45) is 0 Å². The lowest BCUT2D eigenvalue weighted by Crippen LogP contribution is -2.34. The van der Waals surface area contributed by atoms with E-state index in [1.165, 1.54) is 0 Å². The summed E-state index contributed by atoms with van der Waals surface area (Å²) in [5.74, 6) is 0.824. The summed E-state index contributed by atoms with van der Waals surface area (Å²) in [5.41, 5.74) is 5.03. The zero-order valence-electron chi connectivity index (χ0n) is 17.0. The first-order valence-electron chi connectivity index (χ1n) is 10.4. The number of thiazole rings is 1. The number of hydrogen-bond acceptors (Lipinski definition) is 7. The summed E-state index contributed by atoms with van der Waals surface area (Å²) in [6, 6.07) is 15.4. The molecule has 3 heterocycles. The molecule has 7 heteroatoms. The highest BCUT2D eigenvalue weighted by Gasteiger charge is 2.15. The van der Waals surface area contributed by atoms with Crippen LogP contribution < -0.4 is 10.1 Å². The van der Waals surface area contributed by atoms with Crippen molar-refractivity contribution in [2.75, 3.05) is 13.1 Å². The second-order valence-electron chi connectivity index (χ2n) is 7.67.